The minimum absolute atomic E-state index is 0.328. The molecule has 0 aliphatic rings. The van der Waals surface area contributed by atoms with Gasteiger partial charge in [0, 0.05) is 4.47 Å². The van der Waals surface area contributed by atoms with E-state index in [0.717, 1.165) is 10.0 Å². The number of nitrogens with zero attached hydrogens (tertiary/aromatic N) is 1. The Morgan fingerprint density at radius 2 is 2.00 bits per heavy atom. The zero-order valence-corrected chi connectivity index (χ0v) is 9.01. The van der Waals surface area contributed by atoms with Crippen molar-refractivity contribution in [2.75, 3.05) is 0 Å². The van der Waals surface area contributed by atoms with Gasteiger partial charge in [-0.2, -0.15) is 5.26 Å². The molecule has 0 spiro atoms. The van der Waals surface area contributed by atoms with Gasteiger partial charge in [0.05, 0.1) is 18.0 Å². The van der Waals surface area contributed by atoms with Gasteiger partial charge in [-0.3, -0.25) is 0 Å². The van der Waals surface area contributed by atoms with Crippen molar-refractivity contribution < 1.29 is 0 Å². The highest BCUT2D eigenvalue weighted by atomic mass is 79.9. The molecule has 0 bridgehead atoms. The van der Waals surface area contributed by atoms with Gasteiger partial charge >= 0.3 is 0 Å². The summed E-state index contributed by atoms with van der Waals surface area (Å²) in [6.45, 7) is 1.86. The van der Waals surface area contributed by atoms with Crippen molar-refractivity contribution in [2.24, 2.45) is 5.73 Å². The maximum Gasteiger partial charge on any atom is 0.0644 e. The maximum absolute atomic E-state index is 8.58. The molecular formula is C10H11BrN2. The predicted molar refractivity (Wildman–Crippen MR) is 55.9 cm³/mol. The van der Waals surface area contributed by atoms with E-state index in [2.05, 4.69) is 22.0 Å². The first-order valence-corrected chi connectivity index (χ1v) is 4.77. The molecule has 0 heterocycles. The summed E-state index contributed by atoms with van der Waals surface area (Å²) in [6, 6.07) is 9.81. The van der Waals surface area contributed by atoms with Crippen molar-refractivity contribution in [3.05, 3.63) is 34.3 Å². The van der Waals surface area contributed by atoms with Crippen molar-refractivity contribution in [1.29, 1.82) is 5.26 Å². The van der Waals surface area contributed by atoms with Gasteiger partial charge in [-0.05, 0) is 24.6 Å². The molecule has 13 heavy (non-hydrogen) atoms. The van der Waals surface area contributed by atoms with Crippen LogP contribution in [0.15, 0.2) is 28.7 Å². The van der Waals surface area contributed by atoms with E-state index < -0.39 is 5.54 Å². The number of halogens is 1. The van der Waals surface area contributed by atoms with Gasteiger partial charge in [0.2, 0.25) is 0 Å². The lowest BCUT2D eigenvalue weighted by molar-refractivity contribution is 0.507. The second-order valence-corrected chi connectivity index (χ2v) is 4.17. The van der Waals surface area contributed by atoms with Crippen molar-refractivity contribution >= 4 is 15.9 Å². The SMILES string of the molecule is C[C@@](N)(CC#N)c1ccc(Br)cc1. The van der Waals surface area contributed by atoms with Gasteiger partial charge in [0.1, 0.15) is 0 Å². The summed E-state index contributed by atoms with van der Waals surface area (Å²) in [5, 5.41) is 8.58. The number of nitrogens with two attached hydrogens (primary N) is 1. The van der Waals surface area contributed by atoms with E-state index >= 15 is 0 Å². The van der Waals surface area contributed by atoms with Gasteiger partial charge in [0.15, 0.2) is 0 Å². The van der Waals surface area contributed by atoms with Crippen molar-refractivity contribution in [1.82, 2.24) is 0 Å². The molecule has 2 nitrogen and oxygen atoms in total. The molecule has 1 rings (SSSR count). The van der Waals surface area contributed by atoms with Crippen molar-refractivity contribution in [2.45, 2.75) is 18.9 Å². The molecule has 1 aromatic rings. The minimum atomic E-state index is -0.546. The molecule has 3 heteroatoms. The second-order valence-electron chi connectivity index (χ2n) is 3.26. The summed E-state index contributed by atoms with van der Waals surface area (Å²) in [5.41, 5.74) is 6.40. The third kappa shape index (κ3) is 2.55. The molecule has 0 unspecified atom stereocenters. The summed E-state index contributed by atoms with van der Waals surface area (Å²) < 4.78 is 1.02. The zero-order valence-electron chi connectivity index (χ0n) is 7.42. The van der Waals surface area contributed by atoms with E-state index in [-0.39, 0.29) is 0 Å². The fourth-order valence-electron chi connectivity index (χ4n) is 1.10. The van der Waals surface area contributed by atoms with Crippen LogP contribution in [-0.2, 0) is 5.54 Å². The van der Waals surface area contributed by atoms with Crippen LogP contribution in [0.4, 0.5) is 0 Å². The first-order valence-electron chi connectivity index (χ1n) is 3.98. The fourth-order valence-corrected chi connectivity index (χ4v) is 1.36. The highest BCUT2D eigenvalue weighted by Crippen LogP contribution is 2.22. The summed E-state index contributed by atoms with van der Waals surface area (Å²) in [7, 11) is 0. The summed E-state index contributed by atoms with van der Waals surface area (Å²) in [4.78, 5) is 0. The standard InChI is InChI=1S/C10H11BrN2/c1-10(13,6-7-12)8-2-4-9(11)5-3-8/h2-5H,6,13H2,1H3/t10-/m1/s1. The largest absolute Gasteiger partial charge is 0.321 e. The third-order valence-electron chi connectivity index (χ3n) is 1.95. The van der Waals surface area contributed by atoms with Crippen LogP contribution in [-0.4, -0.2) is 0 Å². The first-order chi connectivity index (χ1) is 6.06. The van der Waals surface area contributed by atoms with E-state index in [9.17, 15) is 0 Å². The lowest BCUT2D eigenvalue weighted by atomic mass is 9.91. The molecule has 0 aliphatic carbocycles. The van der Waals surface area contributed by atoms with E-state index in [1.165, 1.54) is 0 Å². The van der Waals surface area contributed by atoms with E-state index in [1.807, 2.05) is 31.2 Å². The quantitative estimate of drug-likeness (QED) is 0.862. The molecule has 0 saturated carbocycles. The average Bonchev–Trinajstić information content (AvgIpc) is 2.05. The third-order valence-corrected chi connectivity index (χ3v) is 2.48. The highest BCUT2D eigenvalue weighted by Gasteiger charge is 2.20. The van der Waals surface area contributed by atoms with Gasteiger partial charge in [-0.1, -0.05) is 28.1 Å². The van der Waals surface area contributed by atoms with Gasteiger partial charge < -0.3 is 5.73 Å². The van der Waals surface area contributed by atoms with Crippen LogP contribution in [0, 0.1) is 11.3 Å². The lowest BCUT2D eigenvalue weighted by Gasteiger charge is -2.21. The molecule has 1 atom stereocenters. The predicted octanol–water partition coefficient (Wildman–Crippen LogP) is 2.54. The van der Waals surface area contributed by atoms with Crippen LogP contribution in [0.1, 0.15) is 18.9 Å². The molecule has 68 valence electrons. The summed E-state index contributed by atoms with van der Waals surface area (Å²) in [6.07, 6.45) is 0.328. The Labute approximate surface area is 86.5 Å². The monoisotopic (exact) mass is 238 g/mol. The Morgan fingerprint density at radius 3 is 2.46 bits per heavy atom. The number of nitriles is 1. The Morgan fingerprint density at radius 1 is 1.46 bits per heavy atom. The topological polar surface area (TPSA) is 49.8 Å². The Bertz CT molecular complexity index is 322. The molecule has 0 aromatic heterocycles. The van der Waals surface area contributed by atoms with Crippen LogP contribution < -0.4 is 5.73 Å². The molecule has 0 saturated heterocycles. The summed E-state index contributed by atoms with van der Waals surface area (Å²) in [5.74, 6) is 0. The Hall–Kier alpha value is -0.850. The number of hydrogen-bond donors (Lipinski definition) is 1. The molecule has 0 fully saturated rings. The Balaban J connectivity index is 2.95. The molecular weight excluding hydrogens is 228 g/mol. The minimum Gasteiger partial charge on any atom is -0.321 e. The van der Waals surface area contributed by atoms with Crippen LogP contribution in [0.3, 0.4) is 0 Å². The number of benzene rings is 1. The molecule has 2 N–H and O–H groups in total. The average molecular weight is 239 g/mol. The van der Waals surface area contributed by atoms with Gasteiger partial charge in [-0.15, -0.1) is 0 Å². The van der Waals surface area contributed by atoms with Crippen LogP contribution in [0.5, 0.6) is 0 Å². The molecule has 1 aromatic carbocycles. The van der Waals surface area contributed by atoms with Crippen LogP contribution in [0.2, 0.25) is 0 Å². The van der Waals surface area contributed by atoms with Gasteiger partial charge in [0.25, 0.3) is 0 Å². The van der Waals surface area contributed by atoms with E-state index in [1.54, 1.807) is 0 Å². The maximum atomic E-state index is 8.58. The van der Waals surface area contributed by atoms with Crippen molar-refractivity contribution in [3.8, 4) is 6.07 Å². The van der Waals surface area contributed by atoms with E-state index in [0.29, 0.717) is 6.42 Å². The second kappa shape index (κ2) is 3.91. The zero-order chi connectivity index (χ0) is 9.90. The summed E-state index contributed by atoms with van der Waals surface area (Å²) >= 11 is 3.35. The molecule has 0 amide bonds. The van der Waals surface area contributed by atoms with Crippen LogP contribution >= 0.6 is 15.9 Å². The first kappa shape index (κ1) is 10.2. The highest BCUT2D eigenvalue weighted by molar-refractivity contribution is 9.10. The smallest absolute Gasteiger partial charge is 0.0644 e. The number of hydrogen-bond acceptors (Lipinski definition) is 2. The Kier molecular flexibility index (Phi) is 3.07. The fraction of sp³-hybridized carbons (Fsp3) is 0.300. The lowest BCUT2D eigenvalue weighted by Crippen LogP contribution is -2.32. The number of rotatable bonds is 2. The van der Waals surface area contributed by atoms with E-state index in [4.69, 9.17) is 11.0 Å². The van der Waals surface area contributed by atoms with Crippen molar-refractivity contribution in [3.63, 3.8) is 0 Å². The normalized spacial score (nSPS) is 14.6. The molecule has 0 aliphatic heterocycles. The van der Waals surface area contributed by atoms with Gasteiger partial charge in [-0.25, -0.2) is 0 Å². The molecule has 0 radical (unpaired) electrons. The van der Waals surface area contributed by atoms with Crippen LogP contribution in [0.25, 0.3) is 0 Å².